The Hall–Kier alpha value is -3.75. The third-order valence-electron chi connectivity index (χ3n) is 4.31. The van der Waals surface area contributed by atoms with E-state index in [4.69, 9.17) is 9.47 Å². The van der Waals surface area contributed by atoms with Crippen LogP contribution in [0.2, 0.25) is 0 Å². The summed E-state index contributed by atoms with van der Waals surface area (Å²) in [6, 6.07) is 8.10. The number of ketones is 1. The number of imide groups is 2. The molecule has 2 aromatic rings. The van der Waals surface area contributed by atoms with Gasteiger partial charge >= 0.3 is 17.8 Å². The van der Waals surface area contributed by atoms with Gasteiger partial charge in [-0.05, 0) is 50.2 Å². The van der Waals surface area contributed by atoms with Crippen LogP contribution in [0, 0.1) is 5.82 Å². The molecule has 1 aliphatic rings. The minimum atomic E-state index is -1.12. The summed E-state index contributed by atoms with van der Waals surface area (Å²) in [7, 11) is 0. The lowest BCUT2D eigenvalue weighted by Crippen LogP contribution is -2.37. The highest BCUT2D eigenvalue weighted by Crippen LogP contribution is 2.34. The Bertz CT molecular complexity index is 1010. The first-order valence-electron chi connectivity index (χ1n) is 9.25. The molecule has 3 rings (SSSR count). The van der Waals surface area contributed by atoms with E-state index in [2.05, 4.69) is 0 Å². The third kappa shape index (κ3) is 4.00. The van der Waals surface area contributed by atoms with Crippen LogP contribution in [-0.2, 0) is 9.59 Å². The van der Waals surface area contributed by atoms with E-state index in [1.807, 2.05) is 0 Å². The molecule has 0 bridgehead atoms. The molecule has 9 heteroatoms. The Labute approximate surface area is 171 Å². The van der Waals surface area contributed by atoms with Crippen molar-refractivity contribution in [3.05, 3.63) is 53.8 Å². The number of anilines is 1. The fourth-order valence-electron chi connectivity index (χ4n) is 2.92. The van der Waals surface area contributed by atoms with Crippen LogP contribution in [0.15, 0.2) is 42.5 Å². The van der Waals surface area contributed by atoms with Crippen LogP contribution in [0.3, 0.4) is 0 Å². The van der Waals surface area contributed by atoms with Crippen molar-refractivity contribution in [1.82, 2.24) is 4.90 Å². The minimum absolute atomic E-state index is 0.113. The number of amides is 4. The number of halogens is 1. The number of urea groups is 1. The Kier molecular flexibility index (Phi) is 6.10. The van der Waals surface area contributed by atoms with Crippen LogP contribution < -0.4 is 14.4 Å². The van der Waals surface area contributed by atoms with Crippen molar-refractivity contribution in [3.63, 3.8) is 0 Å². The van der Waals surface area contributed by atoms with Crippen molar-refractivity contribution in [1.29, 1.82) is 0 Å². The zero-order valence-electron chi connectivity index (χ0n) is 16.4. The maximum absolute atomic E-state index is 13.0. The Morgan fingerprint density at radius 1 is 0.900 bits per heavy atom. The minimum Gasteiger partial charge on any atom is -0.490 e. The molecule has 0 radical (unpaired) electrons. The fraction of sp³-hybridized carbons (Fsp3) is 0.238. The highest BCUT2D eigenvalue weighted by Gasteiger charge is 2.46. The van der Waals surface area contributed by atoms with E-state index in [0.29, 0.717) is 34.5 Å². The summed E-state index contributed by atoms with van der Waals surface area (Å²) in [5.41, 5.74) is 0.226. The molecule has 0 spiro atoms. The lowest BCUT2D eigenvalue weighted by molar-refractivity contribution is -0.139. The quantitative estimate of drug-likeness (QED) is 0.375. The summed E-state index contributed by atoms with van der Waals surface area (Å²) in [6.45, 7) is 3.63. The molecule has 156 valence electrons. The molecule has 30 heavy (non-hydrogen) atoms. The van der Waals surface area contributed by atoms with E-state index in [-0.39, 0.29) is 11.3 Å². The van der Waals surface area contributed by atoms with Crippen LogP contribution in [0.4, 0.5) is 14.9 Å². The van der Waals surface area contributed by atoms with Gasteiger partial charge in [0.1, 0.15) is 5.82 Å². The van der Waals surface area contributed by atoms with E-state index in [1.165, 1.54) is 30.3 Å². The van der Waals surface area contributed by atoms with Crippen LogP contribution in [0.1, 0.15) is 24.2 Å². The molecule has 1 saturated heterocycles. The van der Waals surface area contributed by atoms with Gasteiger partial charge in [-0.15, -0.1) is 0 Å². The zero-order chi connectivity index (χ0) is 21.8. The normalized spacial score (nSPS) is 13.8. The second kappa shape index (κ2) is 8.73. The summed E-state index contributed by atoms with van der Waals surface area (Å²) in [5, 5.41) is 0. The topological polar surface area (TPSA) is 93.2 Å². The number of rotatable bonds is 8. The summed E-state index contributed by atoms with van der Waals surface area (Å²) < 4.78 is 24.0. The van der Waals surface area contributed by atoms with Gasteiger partial charge in [0.25, 0.3) is 0 Å². The molecular weight excluding hydrogens is 395 g/mol. The number of hydrogen-bond acceptors (Lipinski definition) is 6. The molecule has 0 atom stereocenters. The molecule has 4 amide bonds. The molecule has 0 unspecified atom stereocenters. The molecule has 0 N–H and O–H groups in total. The number of benzene rings is 2. The predicted molar refractivity (Wildman–Crippen MR) is 104 cm³/mol. The van der Waals surface area contributed by atoms with E-state index in [0.717, 1.165) is 12.1 Å². The number of nitrogens with zero attached hydrogens (tertiary/aromatic N) is 2. The lowest BCUT2D eigenvalue weighted by atomic mass is 10.1. The van der Waals surface area contributed by atoms with Crippen molar-refractivity contribution in [2.24, 2.45) is 0 Å². The number of carbonyl (C=O) groups excluding carboxylic acids is 4. The summed E-state index contributed by atoms with van der Waals surface area (Å²) in [6.07, 6.45) is 0. The number of ether oxygens (including phenoxy) is 2. The van der Waals surface area contributed by atoms with Gasteiger partial charge in [-0.25, -0.2) is 19.0 Å². The van der Waals surface area contributed by atoms with E-state index in [9.17, 15) is 23.6 Å². The predicted octanol–water partition coefficient (Wildman–Crippen LogP) is 2.80. The number of Topliss-reactive ketones (excluding diaryl/α,β-unsaturated/α-hetero) is 1. The van der Waals surface area contributed by atoms with Gasteiger partial charge in [0, 0.05) is 11.6 Å². The van der Waals surface area contributed by atoms with Crippen LogP contribution >= 0.6 is 0 Å². The van der Waals surface area contributed by atoms with Gasteiger partial charge in [-0.3, -0.25) is 14.4 Å². The standard InChI is InChI=1S/C21H19FN2O6/c1-3-29-17-10-9-15(11-18(17)30-4-2)24-20(27)19(26)23(21(24)28)12-16(25)13-5-7-14(22)8-6-13/h5-11H,3-4,12H2,1-2H3. The highest BCUT2D eigenvalue weighted by atomic mass is 19.1. The summed E-state index contributed by atoms with van der Waals surface area (Å²) in [5.74, 6) is -2.60. The van der Waals surface area contributed by atoms with Crippen LogP contribution in [0.25, 0.3) is 0 Å². The third-order valence-corrected chi connectivity index (χ3v) is 4.31. The first-order valence-corrected chi connectivity index (χ1v) is 9.25. The average molecular weight is 414 g/mol. The van der Waals surface area contributed by atoms with Crippen molar-refractivity contribution >= 4 is 29.3 Å². The van der Waals surface area contributed by atoms with Gasteiger partial charge in [-0.1, -0.05) is 0 Å². The fourth-order valence-corrected chi connectivity index (χ4v) is 2.92. The van der Waals surface area contributed by atoms with E-state index >= 15 is 0 Å². The van der Waals surface area contributed by atoms with Gasteiger partial charge in [0.2, 0.25) is 0 Å². The molecule has 1 fully saturated rings. The molecule has 1 aliphatic heterocycles. The van der Waals surface area contributed by atoms with Gasteiger partial charge in [0.15, 0.2) is 17.3 Å². The zero-order valence-corrected chi connectivity index (χ0v) is 16.4. The van der Waals surface area contributed by atoms with Gasteiger partial charge < -0.3 is 9.47 Å². The van der Waals surface area contributed by atoms with Crippen molar-refractivity contribution in [2.45, 2.75) is 13.8 Å². The lowest BCUT2D eigenvalue weighted by Gasteiger charge is -2.17. The van der Waals surface area contributed by atoms with E-state index in [1.54, 1.807) is 13.8 Å². The molecule has 1 heterocycles. The molecule has 0 aromatic heterocycles. The molecule has 0 saturated carbocycles. The second-order valence-electron chi connectivity index (χ2n) is 6.24. The smallest absolute Gasteiger partial charge is 0.339 e. The Morgan fingerprint density at radius 2 is 1.53 bits per heavy atom. The van der Waals surface area contributed by atoms with Gasteiger partial charge in [-0.2, -0.15) is 0 Å². The SMILES string of the molecule is CCOc1ccc(N2C(=O)C(=O)N(CC(=O)c3ccc(F)cc3)C2=O)cc1OCC. The largest absolute Gasteiger partial charge is 0.490 e. The highest BCUT2D eigenvalue weighted by molar-refractivity contribution is 6.53. The maximum Gasteiger partial charge on any atom is 0.339 e. The monoisotopic (exact) mass is 414 g/mol. The molecule has 8 nitrogen and oxygen atoms in total. The first-order chi connectivity index (χ1) is 14.4. The average Bonchev–Trinajstić information content (AvgIpc) is 2.93. The van der Waals surface area contributed by atoms with Crippen molar-refractivity contribution < 1.29 is 33.0 Å². The molecule has 2 aromatic carbocycles. The molecule has 0 aliphatic carbocycles. The summed E-state index contributed by atoms with van der Waals surface area (Å²) >= 11 is 0. The van der Waals surface area contributed by atoms with Crippen LogP contribution in [0.5, 0.6) is 11.5 Å². The Balaban J connectivity index is 1.85. The Morgan fingerprint density at radius 3 is 2.17 bits per heavy atom. The molecular formula is C21H19FN2O6. The van der Waals surface area contributed by atoms with Gasteiger partial charge in [0.05, 0.1) is 25.4 Å². The number of carbonyl (C=O) groups is 4. The second-order valence-corrected chi connectivity index (χ2v) is 6.24. The maximum atomic E-state index is 13.0. The number of hydrogen-bond donors (Lipinski definition) is 0. The van der Waals surface area contributed by atoms with Crippen LogP contribution in [-0.4, -0.2) is 48.3 Å². The summed E-state index contributed by atoms with van der Waals surface area (Å²) in [4.78, 5) is 51.2. The van der Waals surface area contributed by atoms with E-state index < -0.39 is 36.0 Å². The van der Waals surface area contributed by atoms with Crippen molar-refractivity contribution in [2.75, 3.05) is 24.7 Å². The first kappa shape index (κ1) is 21.0. The van der Waals surface area contributed by atoms with Crippen molar-refractivity contribution in [3.8, 4) is 11.5 Å².